The van der Waals surface area contributed by atoms with E-state index in [1.807, 2.05) is 56.3 Å². The van der Waals surface area contributed by atoms with Crippen LogP contribution >= 0.6 is 12.2 Å². The Hall–Kier alpha value is -2.80. The minimum atomic E-state index is -0.320. The summed E-state index contributed by atoms with van der Waals surface area (Å²) in [7, 11) is 1.62. The summed E-state index contributed by atoms with van der Waals surface area (Å²) >= 11 is 5.13. The van der Waals surface area contributed by atoms with Gasteiger partial charge in [-0.25, -0.2) is 0 Å². The average Bonchev–Trinajstić information content (AvgIpc) is 2.66. The van der Waals surface area contributed by atoms with E-state index in [4.69, 9.17) is 21.7 Å². The number of thiocarbonyl (C=S) groups is 1. The van der Waals surface area contributed by atoms with Crippen LogP contribution in [-0.4, -0.2) is 24.7 Å². The highest BCUT2D eigenvalue weighted by atomic mass is 32.1. The number of hydrogen-bond donors (Lipinski definition) is 3. The number of carbonyl (C=O) groups is 1. The SMILES string of the molecule is COc1ccc(CNC(=S)NNC(=O)COc2cccc(C)c2C)cc1. The quantitative estimate of drug-likeness (QED) is 0.533. The largest absolute Gasteiger partial charge is 0.497 e. The molecule has 0 aliphatic rings. The third kappa shape index (κ3) is 5.93. The zero-order chi connectivity index (χ0) is 18.9. The maximum atomic E-state index is 11.9. The zero-order valence-electron chi connectivity index (χ0n) is 15.1. The van der Waals surface area contributed by atoms with E-state index in [1.165, 1.54) is 0 Å². The van der Waals surface area contributed by atoms with Crippen LogP contribution in [0.5, 0.6) is 11.5 Å². The van der Waals surface area contributed by atoms with E-state index in [-0.39, 0.29) is 12.5 Å². The summed E-state index contributed by atoms with van der Waals surface area (Å²) in [6, 6.07) is 13.3. The Labute approximate surface area is 158 Å². The molecule has 0 saturated carbocycles. The van der Waals surface area contributed by atoms with Gasteiger partial charge in [0.25, 0.3) is 5.91 Å². The number of nitrogens with one attached hydrogen (secondary N) is 3. The van der Waals surface area contributed by atoms with Gasteiger partial charge >= 0.3 is 0 Å². The lowest BCUT2D eigenvalue weighted by molar-refractivity contribution is -0.123. The van der Waals surface area contributed by atoms with Crippen molar-refractivity contribution in [1.29, 1.82) is 0 Å². The van der Waals surface area contributed by atoms with Crippen LogP contribution in [0.3, 0.4) is 0 Å². The van der Waals surface area contributed by atoms with E-state index in [2.05, 4.69) is 16.2 Å². The highest BCUT2D eigenvalue weighted by Gasteiger charge is 2.06. The zero-order valence-corrected chi connectivity index (χ0v) is 15.9. The Morgan fingerprint density at radius 2 is 1.81 bits per heavy atom. The van der Waals surface area contributed by atoms with Crippen molar-refractivity contribution >= 4 is 23.2 Å². The van der Waals surface area contributed by atoms with E-state index in [1.54, 1.807) is 7.11 Å². The fraction of sp³-hybridized carbons (Fsp3) is 0.263. The Bertz CT molecular complexity index is 763. The fourth-order valence-electron chi connectivity index (χ4n) is 2.16. The molecule has 2 aromatic rings. The number of rotatable bonds is 6. The van der Waals surface area contributed by atoms with Gasteiger partial charge in [-0.2, -0.15) is 0 Å². The summed E-state index contributed by atoms with van der Waals surface area (Å²) in [5, 5.41) is 3.33. The van der Waals surface area contributed by atoms with Crippen LogP contribution in [0.4, 0.5) is 0 Å². The van der Waals surface area contributed by atoms with Crippen molar-refractivity contribution in [3.8, 4) is 11.5 Å². The molecule has 0 aliphatic heterocycles. The number of ether oxygens (including phenoxy) is 2. The number of aryl methyl sites for hydroxylation is 1. The normalized spacial score (nSPS) is 9.96. The topological polar surface area (TPSA) is 71.6 Å². The predicted molar refractivity (Wildman–Crippen MR) is 105 cm³/mol. The van der Waals surface area contributed by atoms with Crippen molar-refractivity contribution in [3.05, 3.63) is 59.2 Å². The van der Waals surface area contributed by atoms with E-state index < -0.39 is 0 Å². The number of carbonyl (C=O) groups excluding carboxylic acids is 1. The summed E-state index contributed by atoms with van der Waals surface area (Å²) in [6.45, 7) is 4.39. The van der Waals surface area contributed by atoms with Gasteiger partial charge < -0.3 is 14.8 Å². The molecular formula is C19H23N3O3S. The van der Waals surface area contributed by atoms with E-state index in [0.29, 0.717) is 17.4 Å². The lowest BCUT2D eigenvalue weighted by Gasteiger charge is -2.13. The van der Waals surface area contributed by atoms with E-state index in [9.17, 15) is 4.79 Å². The Balaban J connectivity index is 1.69. The second kappa shape index (κ2) is 9.62. The molecule has 0 aliphatic carbocycles. The molecule has 2 aromatic carbocycles. The van der Waals surface area contributed by atoms with Gasteiger partial charge in [-0.05, 0) is 61.0 Å². The molecule has 0 atom stereocenters. The fourth-order valence-corrected chi connectivity index (χ4v) is 2.28. The maximum absolute atomic E-state index is 11.9. The first-order valence-electron chi connectivity index (χ1n) is 8.14. The van der Waals surface area contributed by atoms with Crippen LogP contribution in [0.1, 0.15) is 16.7 Å². The second-order valence-corrected chi connectivity index (χ2v) is 6.10. The molecule has 26 heavy (non-hydrogen) atoms. The molecular weight excluding hydrogens is 350 g/mol. The molecule has 0 spiro atoms. The molecule has 6 nitrogen and oxygen atoms in total. The van der Waals surface area contributed by atoms with Crippen LogP contribution < -0.4 is 25.6 Å². The lowest BCUT2D eigenvalue weighted by Crippen LogP contribution is -2.48. The number of hydrogen-bond acceptors (Lipinski definition) is 4. The van der Waals surface area contributed by atoms with Crippen molar-refractivity contribution in [2.24, 2.45) is 0 Å². The van der Waals surface area contributed by atoms with Crippen molar-refractivity contribution in [1.82, 2.24) is 16.2 Å². The van der Waals surface area contributed by atoms with Crippen molar-refractivity contribution < 1.29 is 14.3 Å². The van der Waals surface area contributed by atoms with E-state index >= 15 is 0 Å². The summed E-state index contributed by atoms with van der Waals surface area (Å²) in [5.74, 6) is 1.17. The monoisotopic (exact) mass is 373 g/mol. The predicted octanol–water partition coefficient (Wildman–Crippen LogP) is 2.39. The van der Waals surface area contributed by atoms with Gasteiger partial charge in [0.1, 0.15) is 11.5 Å². The molecule has 7 heteroatoms. The van der Waals surface area contributed by atoms with Gasteiger partial charge in [-0.15, -0.1) is 0 Å². The summed E-state index contributed by atoms with van der Waals surface area (Å²) in [5.41, 5.74) is 8.33. The first-order valence-corrected chi connectivity index (χ1v) is 8.55. The van der Waals surface area contributed by atoms with Gasteiger partial charge in [-0.3, -0.25) is 15.6 Å². The number of methoxy groups -OCH3 is 1. The summed E-state index contributed by atoms with van der Waals surface area (Å²) < 4.78 is 10.6. The molecule has 0 aromatic heterocycles. The molecule has 0 bridgehead atoms. The molecule has 1 amide bonds. The average molecular weight is 373 g/mol. The first-order chi connectivity index (χ1) is 12.5. The molecule has 138 valence electrons. The molecule has 0 heterocycles. The number of amides is 1. The maximum Gasteiger partial charge on any atom is 0.276 e. The van der Waals surface area contributed by atoms with Crippen LogP contribution in [-0.2, 0) is 11.3 Å². The molecule has 3 N–H and O–H groups in total. The van der Waals surface area contributed by atoms with Crippen molar-refractivity contribution in [3.63, 3.8) is 0 Å². The van der Waals surface area contributed by atoms with Gasteiger partial charge in [0.05, 0.1) is 7.11 Å². The van der Waals surface area contributed by atoms with Crippen LogP contribution in [0.25, 0.3) is 0 Å². The van der Waals surface area contributed by atoms with Gasteiger partial charge in [0.15, 0.2) is 11.7 Å². The highest BCUT2D eigenvalue weighted by Crippen LogP contribution is 2.20. The summed E-state index contributed by atoms with van der Waals surface area (Å²) in [6.07, 6.45) is 0. The number of hydrazine groups is 1. The van der Waals surface area contributed by atoms with Crippen molar-refractivity contribution in [2.75, 3.05) is 13.7 Å². The van der Waals surface area contributed by atoms with Crippen LogP contribution in [0.15, 0.2) is 42.5 Å². The van der Waals surface area contributed by atoms with Gasteiger partial charge in [-0.1, -0.05) is 24.3 Å². The van der Waals surface area contributed by atoms with Gasteiger partial charge in [0.2, 0.25) is 0 Å². The Kier molecular flexibility index (Phi) is 7.23. The standard InChI is InChI=1S/C19H23N3O3S/c1-13-5-4-6-17(14(13)2)25-12-18(23)21-22-19(26)20-11-15-7-9-16(24-3)10-8-15/h4-10H,11-12H2,1-3H3,(H,21,23)(H2,20,22,26). The highest BCUT2D eigenvalue weighted by molar-refractivity contribution is 7.80. The minimum absolute atomic E-state index is 0.0988. The Morgan fingerprint density at radius 1 is 1.08 bits per heavy atom. The molecule has 0 radical (unpaired) electrons. The molecule has 0 fully saturated rings. The molecule has 0 unspecified atom stereocenters. The van der Waals surface area contributed by atoms with Crippen LogP contribution in [0.2, 0.25) is 0 Å². The Morgan fingerprint density at radius 3 is 2.50 bits per heavy atom. The second-order valence-electron chi connectivity index (χ2n) is 5.69. The minimum Gasteiger partial charge on any atom is -0.497 e. The van der Waals surface area contributed by atoms with E-state index in [0.717, 1.165) is 22.4 Å². The molecule has 2 rings (SSSR count). The first kappa shape index (κ1) is 19.5. The van der Waals surface area contributed by atoms with Crippen LogP contribution in [0, 0.1) is 13.8 Å². The van der Waals surface area contributed by atoms with Gasteiger partial charge in [0, 0.05) is 6.54 Å². The third-order valence-electron chi connectivity index (χ3n) is 3.84. The number of benzene rings is 2. The van der Waals surface area contributed by atoms with Crippen molar-refractivity contribution in [2.45, 2.75) is 20.4 Å². The third-order valence-corrected chi connectivity index (χ3v) is 4.09. The molecule has 0 saturated heterocycles. The summed E-state index contributed by atoms with van der Waals surface area (Å²) in [4.78, 5) is 11.9. The lowest BCUT2D eigenvalue weighted by atomic mass is 10.1. The smallest absolute Gasteiger partial charge is 0.276 e.